The molecule has 1 aliphatic rings. The Morgan fingerprint density at radius 1 is 1.50 bits per heavy atom. The van der Waals surface area contributed by atoms with Gasteiger partial charge in [0.05, 0.1) is 5.70 Å². The predicted octanol–water partition coefficient (Wildman–Crippen LogP) is 2.63. The lowest BCUT2D eigenvalue weighted by molar-refractivity contribution is 0.388. The first kappa shape index (κ1) is 11.9. The third kappa shape index (κ3) is 2.66. The van der Waals surface area contributed by atoms with E-state index >= 15 is 0 Å². The average molecular weight is 235 g/mol. The summed E-state index contributed by atoms with van der Waals surface area (Å²) in [6, 6.07) is 0. The first-order valence-electron chi connectivity index (χ1n) is 4.80. The number of nitrogens with zero attached hydrogens (tertiary/aromatic N) is 1. The highest BCUT2D eigenvalue weighted by Crippen LogP contribution is 2.31. The van der Waals surface area contributed by atoms with Crippen LogP contribution in [0.4, 0.5) is 0 Å². The predicted molar refractivity (Wildman–Crippen MR) is 62.3 cm³/mol. The molecule has 0 bridgehead atoms. The molecule has 1 atom stereocenters. The quantitative estimate of drug-likeness (QED) is 0.601. The highest BCUT2D eigenvalue weighted by molar-refractivity contribution is 6.32. The Labute approximate surface area is 95.3 Å². The van der Waals surface area contributed by atoms with Crippen LogP contribution in [0.15, 0.2) is 22.9 Å². The monoisotopic (exact) mass is 234 g/mol. The summed E-state index contributed by atoms with van der Waals surface area (Å²) in [6.07, 6.45) is 4.21. The largest absolute Gasteiger partial charge is 0.371 e. The van der Waals surface area contributed by atoms with Gasteiger partial charge in [-0.25, -0.2) is 0 Å². The van der Waals surface area contributed by atoms with Crippen molar-refractivity contribution in [2.45, 2.75) is 25.3 Å². The van der Waals surface area contributed by atoms with Crippen LogP contribution >= 0.6 is 23.2 Å². The maximum Gasteiger partial charge on any atom is 0.115 e. The summed E-state index contributed by atoms with van der Waals surface area (Å²) in [5.74, 6) is 0. The fraction of sp³-hybridized carbons (Fsp3) is 0.600. The van der Waals surface area contributed by atoms with Crippen LogP contribution in [0.25, 0.3) is 0 Å². The summed E-state index contributed by atoms with van der Waals surface area (Å²) in [5, 5.41) is 0.744. The number of nitrogens with two attached hydrogens (primary N) is 1. The van der Waals surface area contributed by atoms with E-state index in [2.05, 4.69) is 18.7 Å². The molecule has 0 saturated carbocycles. The van der Waals surface area contributed by atoms with Gasteiger partial charge in [0, 0.05) is 24.5 Å². The molecule has 0 aliphatic heterocycles. The van der Waals surface area contributed by atoms with Gasteiger partial charge in [-0.2, -0.15) is 0 Å². The summed E-state index contributed by atoms with van der Waals surface area (Å²) in [6.45, 7) is 6.07. The van der Waals surface area contributed by atoms with Gasteiger partial charge in [-0.05, 0) is 26.0 Å². The van der Waals surface area contributed by atoms with Crippen molar-refractivity contribution >= 4 is 23.2 Å². The van der Waals surface area contributed by atoms with Gasteiger partial charge in [0.1, 0.15) is 5.00 Å². The molecule has 14 heavy (non-hydrogen) atoms. The second-order valence-corrected chi connectivity index (χ2v) is 4.56. The van der Waals surface area contributed by atoms with E-state index in [0.29, 0.717) is 6.42 Å². The number of allylic oxidation sites excluding steroid dienone is 1. The van der Waals surface area contributed by atoms with Crippen LogP contribution in [0.5, 0.6) is 0 Å². The molecular formula is C10H16Cl2N2. The van der Waals surface area contributed by atoms with Crippen molar-refractivity contribution < 1.29 is 0 Å². The van der Waals surface area contributed by atoms with Crippen molar-refractivity contribution in [3.8, 4) is 0 Å². The summed E-state index contributed by atoms with van der Waals surface area (Å²) < 4.78 is 0. The smallest absolute Gasteiger partial charge is 0.115 e. The van der Waals surface area contributed by atoms with E-state index < -0.39 is 5.00 Å². The minimum atomic E-state index is -0.812. The average Bonchev–Trinajstić information content (AvgIpc) is 2.09. The van der Waals surface area contributed by atoms with Crippen LogP contribution in [-0.4, -0.2) is 23.0 Å². The summed E-state index contributed by atoms with van der Waals surface area (Å²) in [5.41, 5.74) is 6.80. The molecule has 0 spiro atoms. The van der Waals surface area contributed by atoms with Crippen molar-refractivity contribution in [3.05, 3.63) is 22.9 Å². The Kier molecular flexibility index (Phi) is 3.87. The third-order valence-corrected chi connectivity index (χ3v) is 2.91. The van der Waals surface area contributed by atoms with Gasteiger partial charge in [-0.15, -0.1) is 0 Å². The molecule has 0 amide bonds. The maximum atomic E-state index is 6.14. The molecule has 0 aromatic carbocycles. The molecule has 0 heterocycles. The number of likely N-dealkylation sites (N-methyl/N-ethyl adjacent to an activating group) is 1. The van der Waals surface area contributed by atoms with Crippen molar-refractivity contribution in [3.63, 3.8) is 0 Å². The maximum absolute atomic E-state index is 6.14. The Balaban J connectivity index is 2.86. The van der Waals surface area contributed by atoms with Crippen LogP contribution in [0.2, 0.25) is 0 Å². The Hall–Kier alpha value is -0.180. The zero-order valence-electron chi connectivity index (χ0n) is 8.56. The standard InChI is InChI=1S/C10H16Cl2N2/c1-3-14(4-2)9-5-6-10(12,13)7-8(9)11/h5-6H,3-4,7,13H2,1-2H3. The molecule has 0 aromatic rings. The zero-order valence-corrected chi connectivity index (χ0v) is 10.1. The van der Waals surface area contributed by atoms with Gasteiger partial charge < -0.3 is 10.6 Å². The van der Waals surface area contributed by atoms with E-state index in [1.807, 2.05) is 6.08 Å². The first-order valence-corrected chi connectivity index (χ1v) is 5.56. The molecule has 0 saturated heterocycles. The summed E-state index contributed by atoms with van der Waals surface area (Å²) in [4.78, 5) is 1.37. The fourth-order valence-corrected chi connectivity index (χ4v) is 2.21. The molecule has 4 heteroatoms. The topological polar surface area (TPSA) is 29.3 Å². The number of hydrogen-bond acceptors (Lipinski definition) is 2. The molecule has 2 nitrogen and oxygen atoms in total. The second-order valence-electron chi connectivity index (χ2n) is 3.40. The van der Waals surface area contributed by atoms with Crippen LogP contribution in [-0.2, 0) is 0 Å². The highest BCUT2D eigenvalue weighted by atomic mass is 35.5. The third-order valence-electron chi connectivity index (χ3n) is 2.33. The lowest BCUT2D eigenvalue weighted by Gasteiger charge is -2.29. The van der Waals surface area contributed by atoms with Crippen molar-refractivity contribution in [1.82, 2.24) is 4.90 Å². The van der Waals surface area contributed by atoms with Gasteiger partial charge >= 0.3 is 0 Å². The van der Waals surface area contributed by atoms with E-state index in [-0.39, 0.29) is 0 Å². The molecule has 1 aliphatic carbocycles. The Bertz CT molecular complexity index is 265. The minimum Gasteiger partial charge on any atom is -0.371 e. The van der Waals surface area contributed by atoms with E-state index in [1.165, 1.54) is 0 Å². The number of hydrogen-bond donors (Lipinski definition) is 1. The van der Waals surface area contributed by atoms with Gasteiger partial charge in [0.25, 0.3) is 0 Å². The fourth-order valence-electron chi connectivity index (χ4n) is 1.54. The molecule has 0 aromatic heterocycles. The van der Waals surface area contributed by atoms with Crippen LogP contribution in [0, 0.1) is 0 Å². The highest BCUT2D eigenvalue weighted by Gasteiger charge is 2.25. The number of halogens is 2. The Morgan fingerprint density at radius 2 is 2.07 bits per heavy atom. The lowest BCUT2D eigenvalue weighted by Crippen LogP contribution is -2.34. The van der Waals surface area contributed by atoms with Crippen molar-refractivity contribution in [2.24, 2.45) is 5.73 Å². The SMILES string of the molecule is CCN(CC)C1=C(Cl)CC(N)(Cl)C=C1. The molecule has 2 N–H and O–H groups in total. The van der Waals surface area contributed by atoms with Crippen molar-refractivity contribution in [1.29, 1.82) is 0 Å². The second kappa shape index (κ2) is 4.56. The minimum absolute atomic E-state index is 0.498. The molecule has 1 rings (SSSR count). The van der Waals surface area contributed by atoms with E-state index in [0.717, 1.165) is 23.8 Å². The van der Waals surface area contributed by atoms with Gasteiger partial charge in [-0.1, -0.05) is 23.2 Å². The molecule has 1 unspecified atom stereocenters. The lowest BCUT2D eigenvalue weighted by atomic mass is 10.1. The van der Waals surface area contributed by atoms with Gasteiger partial charge in [-0.3, -0.25) is 0 Å². The van der Waals surface area contributed by atoms with E-state index in [1.54, 1.807) is 6.08 Å². The number of rotatable bonds is 3. The van der Waals surface area contributed by atoms with Crippen LogP contribution < -0.4 is 5.73 Å². The summed E-state index contributed by atoms with van der Waals surface area (Å²) >= 11 is 12.1. The normalized spacial score (nSPS) is 26.9. The summed E-state index contributed by atoms with van der Waals surface area (Å²) in [7, 11) is 0. The van der Waals surface area contributed by atoms with Crippen LogP contribution in [0.3, 0.4) is 0 Å². The molecular weight excluding hydrogens is 219 g/mol. The number of alkyl halides is 1. The first-order chi connectivity index (χ1) is 6.50. The molecule has 80 valence electrons. The Morgan fingerprint density at radius 3 is 2.50 bits per heavy atom. The van der Waals surface area contributed by atoms with Crippen molar-refractivity contribution in [2.75, 3.05) is 13.1 Å². The van der Waals surface area contributed by atoms with E-state index in [9.17, 15) is 0 Å². The molecule has 0 radical (unpaired) electrons. The van der Waals surface area contributed by atoms with Crippen LogP contribution in [0.1, 0.15) is 20.3 Å². The molecule has 0 fully saturated rings. The zero-order chi connectivity index (χ0) is 10.8. The van der Waals surface area contributed by atoms with Gasteiger partial charge in [0.15, 0.2) is 0 Å². The van der Waals surface area contributed by atoms with Gasteiger partial charge in [0.2, 0.25) is 0 Å². The van der Waals surface area contributed by atoms with E-state index in [4.69, 9.17) is 28.9 Å².